The van der Waals surface area contributed by atoms with Gasteiger partial charge in [-0.2, -0.15) is 25.3 Å². The smallest absolute Gasteiger partial charge is 0.336 e. The second-order valence-corrected chi connectivity index (χ2v) is 6.22. The lowest BCUT2D eigenvalue weighted by molar-refractivity contribution is -0.170. The molecule has 8 N–H and O–H groups in total. The largest absolute Gasteiger partial charge is 0.508 e. The molecule has 11 nitrogen and oxygen atoms in total. The quantitative estimate of drug-likeness (QED) is 0.176. The molecule has 1 aromatic rings. The Morgan fingerprint density at radius 1 is 0.793 bits per heavy atom. The summed E-state index contributed by atoms with van der Waals surface area (Å²) in [6.45, 7) is 0. The predicted molar refractivity (Wildman–Crippen MR) is 107 cm³/mol. The zero-order valence-electron chi connectivity index (χ0n) is 15.0. The molecule has 0 spiro atoms. The van der Waals surface area contributed by atoms with Crippen LogP contribution in [0.25, 0.3) is 0 Å². The molecule has 0 aliphatic heterocycles. The van der Waals surface area contributed by atoms with E-state index < -0.39 is 48.6 Å². The van der Waals surface area contributed by atoms with Crippen LogP contribution in [0.2, 0.25) is 0 Å². The van der Waals surface area contributed by atoms with Gasteiger partial charge in [-0.3, -0.25) is 9.59 Å². The van der Waals surface area contributed by atoms with Gasteiger partial charge >= 0.3 is 17.9 Å². The average molecular weight is 456 g/mol. The average Bonchev–Trinajstić information content (AvgIpc) is 2.62. The van der Waals surface area contributed by atoms with Gasteiger partial charge in [-0.25, -0.2) is 4.79 Å². The number of carbonyl (C=O) groups is 3. The summed E-state index contributed by atoms with van der Waals surface area (Å²) in [5, 5.41) is 68.6. The zero-order valence-corrected chi connectivity index (χ0v) is 16.8. The minimum Gasteiger partial charge on any atom is -0.508 e. The second kappa shape index (κ2) is 14.8. The minimum atomic E-state index is -2.74. The first-order valence-electron chi connectivity index (χ1n) is 7.74. The molecule has 0 fully saturated rings. The third kappa shape index (κ3) is 14.5. The molecule has 0 aliphatic rings. The lowest BCUT2D eigenvalue weighted by atomic mass is 9.96. The van der Waals surface area contributed by atoms with Gasteiger partial charge in [-0.05, 0) is 24.3 Å². The number of carboxylic acids is 3. The normalized spacial score (nSPS) is 12.3. The fourth-order valence-electron chi connectivity index (χ4n) is 1.41. The van der Waals surface area contributed by atoms with Crippen molar-refractivity contribution in [3.8, 4) is 11.5 Å². The van der Waals surface area contributed by atoms with Crippen molar-refractivity contribution in [1.82, 2.24) is 0 Å². The highest BCUT2D eigenvalue weighted by molar-refractivity contribution is 7.80. The number of aliphatic hydroxyl groups excluding tert-OH is 2. The number of hydrogen-bond acceptors (Lipinski definition) is 10. The van der Waals surface area contributed by atoms with Crippen LogP contribution in [0.1, 0.15) is 12.8 Å². The molecule has 0 saturated heterocycles. The Hall–Kier alpha value is -2.19. The molecule has 0 aliphatic carbocycles. The third-order valence-corrected chi connectivity index (χ3v) is 3.70. The fourth-order valence-corrected chi connectivity index (χ4v) is 1.90. The Balaban J connectivity index is 0. The van der Waals surface area contributed by atoms with E-state index in [1.165, 1.54) is 24.3 Å². The van der Waals surface area contributed by atoms with Crippen molar-refractivity contribution < 1.29 is 55.2 Å². The summed E-state index contributed by atoms with van der Waals surface area (Å²) in [4.78, 5) is 30.5. The molecular formula is C16H24O11S2. The molecule has 1 rings (SSSR count). The summed E-state index contributed by atoms with van der Waals surface area (Å²) in [5.74, 6) is -4.12. The van der Waals surface area contributed by atoms with E-state index in [-0.39, 0.29) is 23.0 Å². The van der Waals surface area contributed by atoms with Crippen molar-refractivity contribution in [2.24, 2.45) is 0 Å². The number of phenolic OH excluding ortho intramolecular Hbond substituents is 2. The van der Waals surface area contributed by atoms with Gasteiger partial charge in [0.25, 0.3) is 0 Å². The van der Waals surface area contributed by atoms with Crippen LogP contribution in [-0.4, -0.2) is 88.1 Å². The Bertz CT molecular complexity index is 591. The highest BCUT2D eigenvalue weighted by atomic mass is 32.1. The molecule has 0 saturated carbocycles. The van der Waals surface area contributed by atoms with Crippen molar-refractivity contribution in [1.29, 1.82) is 0 Å². The first-order valence-corrected chi connectivity index (χ1v) is 9.00. The summed E-state index contributed by atoms with van der Waals surface area (Å²) >= 11 is 7.53. The van der Waals surface area contributed by atoms with E-state index in [1.54, 1.807) is 0 Å². The Kier molecular flexibility index (Phi) is 14.8. The number of aromatic hydroxyl groups is 2. The van der Waals surface area contributed by atoms with Gasteiger partial charge in [0.05, 0.1) is 25.0 Å². The van der Waals surface area contributed by atoms with Crippen molar-refractivity contribution in [3.05, 3.63) is 24.3 Å². The molecule has 2 atom stereocenters. The van der Waals surface area contributed by atoms with Crippen LogP contribution >= 0.6 is 25.3 Å². The first-order chi connectivity index (χ1) is 13.3. The Morgan fingerprint density at radius 2 is 1.07 bits per heavy atom. The molecule has 0 radical (unpaired) electrons. The van der Waals surface area contributed by atoms with E-state index in [0.29, 0.717) is 0 Å². The van der Waals surface area contributed by atoms with Crippen molar-refractivity contribution in [3.63, 3.8) is 0 Å². The number of phenols is 2. The number of aliphatic carboxylic acids is 3. The van der Waals surface area contributed by atoms with E-state index in [1.807, 2.05) is 0 Å². The van der Waals surface area contributed by atoms with Gasteiger partial charge < -0.3 is 40.9 Å². The summed E-state index contributed by atoms with van der Waals surface area (Å²) in [7, 11) is 0. The maximum absolute atomic E-state index is 10.3. The van der Waals surface area contributed by atoms with Gasteiger partial charge in [0.2, 0.25) is 0 Å². The number of benzene rings is 1. The number of rotatable bonds is 8. The number of thiol groups is 2. The lowest BCUT2D eigenvalue weighted by Gasteiger charge is -2.18. The molecule has 0 heterocycles. The minimum absolute atomic E-state index is 0.169. The van der Waals surface area contributed by atoms with E-state index in [0.717, 1.165) is 0 Å². The van der Waals surface area contributed by atoms with Crippen LogP contribution < -0.4 is 0 Å². The summed E-state index contributed by atoms with van der Waals surface area (Å²) in [6, 6.07) is 5.70. The van der Waals surface area contributed by atoms with Gasteiger partial charge in [-0.1, -0.05) is 0 Å². The second-order valence-electron chi connectivity index (χ2n) is 5.49. The zero-order chi connectivity index (χ0) is 23.2. The highest BCUT2D eigenvalue weighted by Crippen LogP contribution is 2.15. The fraction of sp³-hybridized carbons (Fsp3) is 0.438. The van der Waals surface area contributed by atoms with E-state index in [9.17, 15) is 14.4 Å². The van der Waals surface area contributed by atoms with Crippen molar-refractivity contribution >= 4 is 43.2 Å². The molecule has 1 aromatic carbocycles. The van der Waals surface area contributed by atoms with Gasteiger partial charge in [-0.15, -0.1) is 0 Å². The lowest BCUT2D eigenvalue weighted by Crippen LogP contribution is -2.42. The van der Waals surface area contributed by atoms with Gasteiger partial charge in [0.15, 0.2) is 5.60 Å². The number of aliphatic hydroxyl groups is 3. The van der Waals surface area contributed by atoms with Crippen molar-refractivity contribution in [2.45, 2.75) is 30.7 Å². The molecular weight excluding hydrogens is 432 g/mol. The Morgan fingerprint density at radius 3 is 1.24 bits per heavy atom. The maximum atomic E-state index is 10.3. The van der Waals surface area contributed by atoms with Gasteiger partial charge in [0, 0.05) is 11.5 Å². The van der Waals surface area contributed by atoms with Crippen LogP contribution in [0.3, 0.4) is 0 Å². The molecule has 0 amide bonds. The highest BCUT2D eigenvalue weighted by Gasteiger charge is 2.40. The molecule has 0 unspecified atom stereocenters. The van der Waals surface area contributed by atoms with Crippen molar-refractivity contribution in [2.75, 3.05) is 11.5 Å². The Labute approximate surface area is 176 Å². The standard InChI is InChI=1S/C6H8O7.C6H6O2.C4H10O2S2/c7-3(8)1-6(13,5(11)12)2-4(9)10;7-5-1-2-6(8)4-3-5;5-3(1-7)4(6)2-8/h13H,1-2H2,(H,7,8)(H,9,10)(H,11,12);1-4,7-8H;3-8H,1-2H2/t;;3-,4-/m..1/s1. The van der Waals surface area contributed by atoms with Gasteiger partial charge in [0.1, 0.15) is 11.5 Å². The molecule has 166 valence electrons. The number of hydrogen-bond donors (Lipinski definition) is 10. The van der Waals surface area contributed by atoms with E-state index >= 15 is 0 Å². The van der Waals surface area contributed by atoms with Crippen LogP contribution in [0, 0.1) is 0 Å². The van der Waals surface area contributed by atoms with Crippen LogP contribution in [-0.2, 0) is 14.4 Å². The van der Waals surface area contributed by atoms with Crippen LogP contribution in [0.5, 0.6) is 11.5 Å². The van der Waals surface area contributed by atoms with Crippen LogP contribution in [0.4, 0.5) is 0 Å². The number of carboxylic acid groups (broad SMARTS) is 3. The maximum Gasteiger partial charge on any atom is 0.336 e. The van der Waals surface area contributed by atoms with E-state index in [4.69, 9.17) is 40.9 Å². The molecule has 0 bridgehead atoms. The molecule has 13 heteroatoms. The SMILES string of the molecule is O=C(O)CC(O)(CC(=O)O)C(=O)O.O[C@H](CS)[C@H](O)CS.Oc1ccc(O)cc1. The predicted octanol–water partition coefficient (Wildman–Crippen LogP) is -0.583. The third-order valence-electron chi connectivity index (χ3n) is 2.95. The monoisotopic (exact) mass is 456 g/mol. The topological polar surface area (TPSA) is 213 Å². The molecule has 29 heavy (non-hydrogen) atoms. The summed E-state index contributed by atoms with van der Waals surface area (Å²) in [5.41, 5.74) is -2.74. The van der Waals surface area contributed by atoms with Crippen LogP contribution in [0.15, 0.2) is 24.3 Å². The first kappa shape index (κ1) is 29.0. The molecule has 0 aromatic heterocycles. The van der Waals surface area contributed by atoms with E-state index in [2.05, 4.69) is 25.3 Å². The summed E-state index contributed by atoms with van der Waals surface area (Å²) < 4.78 is 0. The summed E-state index contributed by atoms with van der Waals surface area (Å²) in [6.07, 6.45) is -3.77.